The summed E-state index contributed by atoms with van der Waals surface area (Å²) in [6.45, 7) is 10.5. The predicted molar refractivity (Wildman–Crippen MR) is 140 cm³/mol. The molecule has 2 amide bonds. The molecule has 8 heteroatoms. The van der Waals surface area contributed by atoms with E-state index in [0.29, 0.717) is 26.2 Å². The Morgan fingerprint density at radius 3 is 2.33 bits per heavy atom. The van der Waals surface area contributed by atoms with Gasteiger partial charge in [0.05, 0.1) is 12.2 Å². The van der Waals surface area contributed by atoms with Gasteiger partial charge in [-0.3, -0.25) is 14.6 Å². The van der Waals surface area contributed by atoms with Crippen LogP contribution in [0.2, 0.25) is 0 Å². The minimum absolute atomic E-state index is 0.0138. The van der Waals surface area contributed by atoms with Crippen molar-refractivity contribution < 1.29 is 19.1 Å². The van der Waals surface area contributed by atoms with Gasteiger partial charge in [0.1, 0.15) is 24.1 Å². The normalized spacial score (nSPS) is 25.8. The highest BCUT2D eigenvalue weighted by molar-refractivity contribution is 6.09. The summed E-state index contributed by atoms with van der Waals surface area (Å²) in [7, 11) is 0. The number of ether oxygens (including phenoxy) is 2. The summed E-state index contributed by atoms with van der Waals surface area (Å²) in [6, 6.07) is 6.17. The van der Waals surface area contributed by atoms with Gasteiger partial charge in [-0.15, -0.1) is 0 Å². The Kier molecular flexibility index (Phi) is 8.34. The van der Waals surface area contributed by atoms with E-state index < -0.39 is 0 Å². The van der Waals surface area contributed by atoms with Crippen molar-refractivity contribution in [3.05, 3.63) is 40.6 Å². The topological polar surface area (TPSA) is 97.5 Å². The van der Waals surface area contributed by atoms with Crippen molar-refractivity contribution in [2.75, 3.05) is 32.7 Å². The summed E-state index contributed by atoms with van der Waals surface area (Å²) in [5.41, 5.74) is 10.5. The summed E-state index contributed by atoms with van der Waals surface area (Å²) in [5.74, 6) is 0.821. The SMILES string of the molecule is Cc1cccc(C)c1OC1CCN(C(=O)CN=C2CCC/C2=C(/N)C(=O)N2C[C@@H](C)O[C@@H](C)C2)CC1. The zero-order valence-corrected chi connectivity index (χ0v) is 22.1. The first-order valence-corrected chi connectivity index (χ1v) is 13.2. The molecule has 2 heterocycles. The van der Waals surface area contributed by atoms with Gasteiger partial charge in [-0.2, -0.15) is 0 Å². The van der Waals surface area contributed by atoms with Crippen LogP contribution in [0.4, 0.5) is 0 Å². The maximum absolute atomic E-state index is 13.1. The molecule has 2 N–H and O–H groups in total. The lowest BCUT2D eigenvalue weighted by molar-refractivity contribution is -0.139. The quantitative estimate of drug-likeness (QED) is 0.632. The molecule has 2 aliphatic heterocycles. The summed E-state index contributed by atoms with van der Waals surface area (Å²) < 4.78 is 12.0. The first kappa shape index (κ1) is 26.2. The van der Waals surface area contributed by atoms with Gasteiger partial charge in [-0.05, 0) is 58.1 Å². The first-order chi connectivity index (χ1) is 17.2. The van der Waals surface area contributed by atoms with Crippen LogP contribution < -0.4 is 10.5 Å². The molecule has 1 aliphatic carbocycles. The summed E-state index contributed by atoms with van der Waals surface area (Å²) in [6.07, 6.45) is 4.06. The van der Waals surface area contributed by atoms with Crippen molar-refractivity contribution in [1.29, 1.82) is 0 Å². The fraction of sp³-hybridized carbons (Fsp3) is 0.607. The number of nitrogens with two attached hydrogens (primary N) is 1. The number of rotatable bonds is 5. The number of likely N-dealkylation sites (tertiary alicyclic amines) is 1. The van der Waals surface area contributed by atoms with Crippen LogP contribution in [0.1, 0.15) is 57.1 Å². The third-order valence-corrected chi connectivity index (χ3v) is 7.34. The van der Waals surface area contributed by atoms with Gasteiger partial charge in [-0.25, -0.2) is 0 Å². The smallest absolute Gasteiger partial charge is 0.270 e. The van der Waals surface area contributed by atoms with Crippen molar-refractivity contribution in [2.45, 2.75) is 78.1 Å². The third kappa shape index (κ3) is 6.09. The lowest BCUT2D eigenvalue weighted by Gasteiger charge is -2.35. The van der Waals surface area contributed by atoms with Crippen LogP contribution in [0.5, 0.6) is 5.75 Å². The number of hydrogen-bond acceptors (Lipinski definition) is 6. The Bertz CT molecular complexity index is 1010. The van der Waals surface area contributed by atoms with Gasteiger partial charge < -0.3 is 25.0 Å². The molecule has 0 radical (unpaired) electrons. The van der Waals surface area contributed by atoms with E-state index in [0.717, 1.165) is 60.3 Å². The molecule has 196 valence electrons. The molecule has 4 rings (SSSR count). The Hall–Kier alpha value is -2.87. The highest BCUT2D eigenvalue weighted by Gasteiger charge is 2.30. The predicted octanol–water partition coefficient (Wildman–Crippen LogP) is 3.15. The van der Waals surface area contributed by atoms with Crippen LogP contribution in [-0.2, 0) is 14.3 Å². The van der Waals surface area contributed by atoms with Crippen LogP contribution in [0, 0.1) is 13.8 Å². The fourth-order valence-corrected chi connectivity index (χ4v) is 5.47. The van der Waals surface area contributed by atoms with Crippen molar-refractivity contribution in [3.8, 4) is 5.75 Å². The number of benzene rings is 1. The molecular weight excluding hydrogens is 456 g/mol. The van der Waals surface area contributed by atoms with Crippen molar-refractivity contribution in [3.63, 3.8) is 0 Å². The molecule has 2 saturated heterocycles. The zero-order chi connectivity index (χ0) is 25.8. The van der Waals surface area contributed by atoms with Crippen LogP contribution in [0.15, 0.2) is 34.5 Å². The van der Waals surface area contributed by atoms with Crippen molar-refractivity contribution >= 4 is 17.5 Å². The van der Waals surface area contributed by atoms with E-state index in [9.17, 15) is 9.59 Å². The van der Waals surface area contributed by atoms with Gasteiger partial charge in [0.25, 0.3) is 5.91 Å². The highest BCUT2D eigenvalue weighted by Crippen LogP contribution is 2.27. The maximum atomic E-state index is 13.1. The highest BCUT2D eigenvalue weighted by atomic mass is 16.5. The van der Waals surface area contributed by atoms with Crippen LogP contribution in [-0.4, -0.2) is 78.4 Å². The van der Waals surface area contributed by atoms with Crippen molar-refractivity contribution in [1.82, 2.24) is 9.80 Å². The van der Waals surface area contributed by atoms with Crippen LogP contribution >= 0.6 is 0 Å². The number of piperidine rings is 1. The maximum Gasteiger partial charge on any atom is 0.270 e. The minimum Gasteiger partial charge on any atom is -0.490 e. The van der Waals surface area contributed by atoms with E-state index in [-0.39, 0.29) is 42.4 Å². The van der Waals surface area contributed by atoms with Gasteiger partial charge in [0, 0.05) is 50.3 Å². The van der Waals surface area contributed by atoms with E-state index in [1.165, 1.54) is 0 Å². The average molecular weight is 497 g/mol. The molecule has 0 aromatic heterocycles. The molecular formula is C28H40N4O4. The lowest BCUT2D eigenvalue weighted by Crippen LogP contribution is -2.49. The fourth-order valence-electron chi connectivity index (χ4n) is 5.47. The van der Waals surface area contributed by atoms with Gasteiger partial charge in [-0.1, -0.05) is 18.2 Å². The van der Waals surface area contributed by atoms with Gasteiger partial charge >= 0.3 is 0 Å². The van der Waals surface area contributed by atoms with Gasteiger partial charge in [0.2, 0.25) is 5.91 Å². The number of allylic oxidation sites excluding steroid dienone is 1. The molecule has 8 nitrogen and oxygen atoms in total. The number of hydrogen-bond donors (Lipinski definition) is 1. The van der Waals surface area contributed by atoms with Crippen LogP contribution in [0.25, 0.3) is 0 Å². The Morgan fingerprint density at radius 2 is 1.69 bits per heavy atom. The molecule has 0 bridgehead atoms. The standard InChI is InChI=1S/C28H40N4O4/c1-18-7-5-8-19(2)27(18)36-22-11-13-31(14-12-22)25(33)15-30-24-10-6-9-23(24)26(29)28(34)32-16-20(3)35-21(4)17-32/h5,7-8,20-22H,6,9-17,29H2,1-4H3/b26-23-,30-24?/t20-,21+. The number of morpholine rings is 1. The largest absolute Gasteiger partial charge is 0.490 e. The number of carbonyl (C=O) groups is 2. The number of para-hydroxylation sites is 1. The molecule has 36 heavy (non-hydrogen) atoms. The average Bonchev–Trinajstić information content (AvgIpc) is 3.32. The van der Waals surface area contributed by atoms with E-state index in [1.807, 2.05) is 24.8 Å². The molecule has 3 fully saturated rings. The Morgan fingerprint density at radius 1 is 1.06 bits per heavy atom. The zero-order valence-electron chi connectivity index (χ0n) is 22.1. The molecule has 1 saturated carbocycles. The number of amides is 2. The lowest BCUT2D eigenvalue weighted by atomic mass is 10.1. The van der Waals surface area contributed by atoms with Crippen molar-refractivity contribution in [2.24, 2.45) is 10.7 Å². The summed E-state index contributed by atoms with van der Waals surface area (Å²) >= 11 is 0. The summed E-state index contributed by atoms with van der Waals surface area (Å²) in [4.78, 5) is 34.2. The molecule has 0 spiro atoms. The second kappa shape index (κ2) is 11.5. The van der Waals surface area contributed by atoms with E-state index in [2.05, 4.69) is 31.0 Å². The number of aliphatic imine (C=N–C) groups is 1. The summed E-state index contributed by atoms with van der Waals surface area (Å²) in [5, 5.41) is 0. The number of aryl methyl sites for hydroxylation is 2. The van der Waals surface area contributed by atoms with Gasteiger partial charge in [0.15, 0.2) is 0 Å². The number of carbonyl (C=O) groups excluding carboxylic acids is 2. The van der Waals surface area contributed by atoms with E-state index >= 15 is 0 Å². The second-order valence-corrected chi connectivity index (χ2v) is 10.4. The first-order valence-electron chi connectivity index (χ1n) is 13.2. The minimum atomic E-state index is -0.154. The van der Waals surface area contributed by atoms with E-state index in [1.54, 1.807) is 4.90 Å². The van der Waals surface area contributed by atoms with E-state index in [4.69, 9.17) is 15.2 Å². The molecule has 0 unspecified atom stereocenters. The monoisotopic (exact) mass is 496 g/mol. The van der Waals surface area contributed by atoms with Crippen LogP contribution in [0.3, 0.4) is 0 Å². The number of nitrogens with zero attached hydrogens (tertiary/aromatic N) is 3. The molecule has 1 aromatic carbocycles. The molecule has 1 aromatic rings. The molecule has 2 atom stereocenters. The molecule has 3 aliphatic rings. The Balaban J connectivity index is 1.32. The second-order valence-electron chi connectivity index (χ2n) is 10.4. The Labute approximate surface area is 214 Å². The third-order valence-electron chi connectivity index (χ3n) is 7.34.